The van der Waals surface area contributed by atoms with Crippen molar-refractivity contribution in [3.05, 3.63) is 29.8 Å². The monoisotopic (exact) mass is 249 g/mol. The standard InChI is InChI=1S/C15H23NO2/c1-11(2)7-13(17)9-16-10-14-8-12-5-3-4-6-15(12)18-14/h3-6,11,13-14,16-17H,7-10H2,1-2H3. The van der Waals surface area contributed by atoms with Crippen molar-refractivity contribution in [2.24, 2.45) is 5.92 Å². The highest BCUT2D eigenvalue weighted by molar-refractivity contribution is 5.37. The first-order chi connectivity index (χ1) is 8.65. The predicted octanol–water partition coefficient (Wildman–Crippen LogP) is 1.99. The Morgan fingerprint density at radius 3 is 2.89 bits per heavy atom. The highest BCUT2D eigenvalue weighted by Gasteiger charge is 2.21. The van der Waals surface area contributed by atoms with Crippen LogP contribution in [-0.4, -0.2) is 30.4 Å². The van der Waals surface area contributed by atoms with Crippen LogP contribution in [0.1, 0.15) is 25.8 Å². The fourth-order valence-electron chi connectivity index (χ4n) is 2.41. The van der Waals surface area contributed by atoms with E-state index in [0.717, 1.165) is 25.1 Å². The Labute approximate surface area is 109 Å². The molecular formula is C15H23NO2. The summed E-state index contributed by atoms with van der Waals surface area (Å²) in [6.45, 7) is 5.69. The van der Waals surface area contributed by atoms with E-state index in [2.05, 4.69) is 25.2 Å². The maximum absolute atomic E-state index is 9.76. The Bertz CT molecular complexity index is 354. The molecule has 0 aromatic heterocycles. The van der Waals surface area contributed by atoms with Crippen molar-refractivity contribution in [2.75, 3.05) is 13.1 Å². The second-order valence-corrected chi connectivity index (χ2v) is 5.49. The van der Waals surface area contributed by atoms with Crippen LogP contribution in [0.5, 0.6) is 5.75 Å². The zero-order valence-corrected chi connectivity index (χ0v) is 11.2. The van der Waals surface area contributed by atoms with Crippen LogP contribution in [-0.2, 0) is 6.42 Å². The van der Waals surface area contributed by atoms with Gasteiger partial charge in [-0.2, -0.15) is 0 Å². The summed E-state index contributed by atoms with van der Waals surface area (Å²) in [5.74, 6) is 1.54. The number of aliphatic hydroxyl groups excluding tert-OH is 1. The van der Waals surface area contributed by atoms with Gasteiger partial charge in [-0.3, -0.25) is 0 Å². The van der Waals surface area contributed by atoms with Crippen molar-refractivity contribution in [1.29, 1.82) is 0 Å². The number of fused-ring (bicyclic) bond motifs is 1. The summed E-state index contributed by atoms with van der Waals surface area (Å²) in [5, 5.41) is 13.1. The molecule has 100 valence electrons. The quantitative estimate of drug-likeness (QED) is 0.810. The smallest absolute Gasteiger partial charge is 0.123 e. The van der Waals surface area contributed by atoms with Crippen molar-refractivity contribution < 1.29 is 9.84 Å². The van der Waals surface area contributed by atoms with Gasteiger partial charge >= 0.3 is 0 Å². The van der Waals surface area contributed by atoms with E-state index in [0.29, 0.717) is 12.5 Å². The molecule has 1 aromatic carbocycles. The minimum absolute atomic E-state index is 0.202. The number of aliphatic hydroxyl groups is 1. The summed E-state index contributed by atoms with van der Waals surface area (Å²) < 4.78 is 5.83. The van der Waals surface area contributed by atoms with E-state index >= 15 is 0 Å². The molecule has 0 bridgehead atoms. The fourth-order valence-corrected chi connectivity index (χ4v) is 2.41. The van der Waals surface area contributed by atoms with Gasteiger partial charge in [-0.05, 0) is 24.0 Å². The average molecular weight is 249 g/mol. The Hall–Kier alpha value is -1.06. The van der Waals surface area contributed by atoms with Gasteiger partial charge in [0.25, 0.3) is 0 Å². The summed E-state index contributed by atoms with van der Waals surface area (Å²) in [5.41, 5.74) is 1.28. The van der Waals surface area contributed by atoms with E-state index in [1.807, 2.05) is 18.2 Å². The van der Waals surface area contributed by atoms with E-state index in [1.54, 1.807) is 0 Å². The highest BCUT2D eigenvalue weighted by atomic mass is 16.5. The number of benzene rings is 1. The molecule has 1 aliphatic heterocycles. The van der Waals surface area contributed by atoms with Gasteiger partial charge in [0.05, 0.1) is 6.10 Å². The van der Waals surface area contributed by atoms with Gasteiger partial charge in [-0.1, -0.05) is 32.0 Å². The van der Waals surface area contributed by atoms with Crippen molar-refractivity contribution in [1.82, 2.24) is 5.32 Å². The van der Waals surface area contributed by atoms with Crippen molar-refractivity contribution in [3.8, 4) is 5.75 Å². The van der Waals surface area contributed by atoms with Gasteiger partial charge < -0.3 is 15.2 Å². The Kier molecular flexibility index (Phi) is 4.61. The second kappa shape index (κ2) is 6.21. The lowest BCUT2D eigenvalue weighted by Crippen LogP contribution is -2.35. The molecule has 1 aliphatic rings. The van der Waals surface area contributed by atoms with Gasteiger partial charge in [0.2, 0.25) is 0 Å². The van der Waals surface area contributed by atoms with E-state index in [9.17, 15) is 5.11 Å². The average Bonchev–Trinajstić information content (AvgIpc) is 2.70. The Balaban J connectivity index is 1.68. The van der Waals surface area contributed by atoms with Gasteiger partial charge in [-0.25, -0.2) is 0 Å². The summed E-state index contributed by atoms with van der Waals surface area (Å²) in [6, 6.07) is 8.18. The highest BCUT2D eigenvalue weighted by Crippen LogP contribution is 2.27. The van der Waals surface area contributed by atoms with Crippen molar-refractivity contribution >= 4 is 0 Å². The third-order valence-corrected chi connectivity index (χ3v) is 3.21. The fraction of sp³-hybridized carbons (Fsp3) is 0.600. The number of hydrogen-bond acceptors (Lipinski definition) is 3. The van der Waals surface area contributed by atoms with Crippen LogP contribution in [0.15, 0.2) is 24.3 Å². The molecule has 0 fully saturated rings. The molecule has 0 amide bonds. The minimum atomic E-state index is -0.256. The molecule has 0 saturated heterocycles. The summed E-state index contributed by atoms with van der Waals surface area (Å²) in [6.07, 6.45) is 1.75. The van der Waals surface area contributed by atoms with Crippen LogP contribution in [0.3, 0.4) is 0 Å². The number of ether oxygens (including phenoxy) is 1. The molecular weight excluding hydrogens is 226 g/mol. The molecule has 0 radical (unpaired) electrons. The lowest BCUT2D eigenvalue weighted by atomic mass is 10.1. The molecule has 2 N–H and O–H groups in total. The number of rotatable bonds is 6. The molecule has 1 heterocycles. The Morgan fingerprint density at radius 2 is 2.17 bits per heavy atom. The molecule has 1 aromatic rings. The zero-order valence-electron chi connectivity index (χ0n) is 11.2. The van der Waals surface area contributed by atoms with Crippen LogP contribution in [0.2, 0.25) is 0 Å². The van der Waals surface area contributed by atoms with Crippen LogP contribution >= 0.6 is 0 Å². The molecule has 2 rings (SSSR count). The van der Waals surface area contributed by atoms with E-state index in [-0.39, 0.29) is 12.2 Å². The molecule has 0 spiro atoms. The molecule has 2 atom stereocenters. The third kappa shape index (κ3) is 3.72. The normalized spacial score (nSPS) is 19.7. The van der Waals surface area contributed by atoms with Crippen LogP contribution in [0.4, 0.5) is 0 Å². The minimum Gasteiger partial charge on any atom is -0.488 e. The van der Waals surface area contributed by atoms with Crippen LogP contribution < -0.4 is 10.1 Å². The Morgan fingerprint density at radius 1 is 1.39 bits per heavy atom. The third-order valence-electron chi connectivity index (χ3n) is 3.21. The number of para-hydroxylation sites is 1. The largest absolute Gasteiger partial charge is 0.488 e. The van der Waals surface area contributed by atoms with Gasteiger partial charge in [-0.15, -0.1) is 0 Å². The maximum atomic E-state index is 9.76. The summed E-state index contributed by atoms with van der Waals surface area (Å²) in [4.78, 5) is 0. The van der Waals surface area contributed by atoms with Crippen LogP contribution in [0.25, 0.3) is 0 Å². The topological polar surface area (TPSA) is 41.5 Å². The molecule has 2 unspecified atom stereocenters. The predicted molar refractivity (Wildman–Crippen MR) is 72.9 cm³/mol. The first kappa shape index (κ1) is 13.4. The van der Waals surface area contributed by atoms with Gasteiger partial charge in [0.1, 0.15) is 11.9 Å². The molecule has 3 nitrogen and oxygen atoms in total. The zero-order chi connectivity index (χ0) is 13.0. The van der Waals surface area contributed by atoms with Gasteiger partial charge in [0, 0.05) is 19.5 Å². The molecule has 0 saturated carbocycles. The van der Waals surface area contributed by atoms with Crippen LogP contribution in [0, 0.1) is 5.92 Å². The first-order valence-corrected chi connectivity index (χ1v) is 6.78. The second-order valence-electron chi connectivity index (χ2n) is 5.49. The molecule has 3 heteroatoms. The van der Waals surface area contributed by atoms with Crippen molar-refractivity contribution in [2.45, 2.75) is 38.9 Å². The molecule has 0 aliphatic carbocycles. The van der Waals surface area contributed by atoms with E-state index in [1.165, 1.54) is 5.56 Å². The van der Waals surface area contributed by atoms with Gasteiger partial charge in [0.15, 0.2) is 0 Å². The lowest BCUT2D eigenvalue weighted by molar-refractivity contribution is 0.140. The summed E-state index contributed by atoms with van der Waals surface area (Å²) in [7, 11) is 0. The molecule has 18 heavy (non-hydrogen) atoms. The number of nitrogens with one attached hydrogen (secondary N) is 1. The van der Waals surface area contributed by atoms with E-state index < -0.39 is 0 Å². The SMILES string of the molecule is CC(C)CC(O)CNCC1Cc2ccccc2O1. The number of hydrogen-bond donors (Lipinski definition) is 2. The van der Waals surface area contributed by atoms with Crippen molar-refractivity contribution in [3.63, 3.8) is 0 Å². The summed E-state index contributed by atoms with van der Waals surface area (Å²) >= 11 is 0. The lowest BCUT2D eigenvalue weighted by Gasteiger charge is -2.16. The van der Waals surface area contributed by atoms with E-state index in [4.69, 9.17) is 4.74 Å². The maximum Gasteiger partial charge on any atom is 0.123 e. The first-order valence-electron chi connectivity index (χ1n) is 6.78.